The number of unbranched alkanes of at least 4 members (excludes halogenated alkanes) is 2. The van der Waals surface area contributed by atoms with Gasteiger partial charge in [-0.15, -0.1) is 12.3 Å². The van der Waals surface area contributed by atoms with Gasteiger partial charge in [0.25, 0.3) is 0 Å². The van der Waals surface area contributed by atoms with Crippen molar-refractivity contribution in [3.8, 4) is 12.3 Å². The van der Waals surface area contributed by atoms with Crippen LogP contribution < -0.4 is 11.1 Å². The molecule has 1 rings (SSSR count). The molecule has 0 saturated heterocycles. The monoisotopic (exact) mass is 222 g/mol. The fourth-order valence-electron chi connectivity index (χ4n) is 2.11. The molecule has 1 fully saturated rings. The molecule has 3 heteroatoms. The van der Waals surface area contributed by atoms with Gasteiger partial charge in [0.1, 0.15) is 0 Å². The molecule has 0 aromatic heterocycles. The first kappa shape index (κ1) is 13.1. The molecule has 16 heavy (non-hydrogen) atoms. The smallest absolute Gasteiger partial charge is 0.220 e. The van der Waals surface area contributed by atoms with Crippen molar-refractivity contribution in [3.63, 3.8) is 0 Å². The van der Waals surface area contributed by atoms with Gasteiger partial charge >= 0.3 is 0 Å². The van der Waals surface area contributed by atoms with Crippen LogP contribution >= 0.6 is 0 Å². The van der Waals surface area contributed by atoms with Crippen LogP contribution in [-0.4, -0.2) is 19.0 Å². The first-order chi connectivity index (χ1) is 7.72. The summed E-state index contributed by atoms with van der Waals surface area (Å²) in [6.07, 6.45) is 11.9. The van der Waals surface area contributed by atoms with Crippen LogP contribution in [0.3, 0.4) is 0 Å². The SMILES string of the molecule is C#CCCCCNC(=O)CC1(CN)CCC1. The Morgan fingerprint density at radius 2 is 2.19 bits per heavy atom. The average Bonchev–Trinajstić information content (AvgIpc) is 2.23. The zero-order valence-electron chi connectivity index (χ0n) is 9.93. The molecule has 3 N–H and O–H groups in total. The number of nitrogens with two attached hydrogens (primary N) is 1. The fraction of sp³-hybridized carbons (Fsp3) is 0.769. The van der Waals surface area contributed by atoms with Gasteiger partial charge in [-0.1, -0.05) is 6.42 Å². The van der Waals surface area contributed by atoms with Crippen LogP contribution in [0.1, 0.15) is 44.9 Å². The minimum Gasteiger partial charge on any atom is -0.356 e. The van der Waals surface area contributed by atoms with Crippen LogP contribution in [0.2, 0.25) is 0 Å². The predicted molar refractivity (Wildman–Crippen MR) is 65.6 cm³/mol. The Balaban J connectivity index is 2.09. The van der Waals surface area contributed by atoms with Crippen LogP contribution in [0, 0.1) is 17.8 Å². The lowest BCUT2D eigenvalue weighted by molar-refractivity contribution is -0.124. The summed E-state index contributed by atoms with van der Waals surface area (Å²) in [5.41, 5.74) is 5.82. The van der Waals surface area contributed by atoms with E-state index in [9.17, 15) is 4.79 Å². The first-order valence-corrected chi connectivity index (χ1v) is 6.13. The van der Waals surface area contributed by atoms with E-state index in [4.69, 9.17) is 12.2 Å². The zero-order valence-corrected chi connectivity index (χ0v) is 9.93. The number of hydrogen-bond acceptors (Lipinski definition) is 2. The van der Waals surface area contributed by atoms with E-state index in [1.807, 2.05) is 0 Å². The van der Waals surface area contributed by atoms with E-state index in [-0.39, 0.29) is 11.3 Å². The van der Waals surface area contributed by atoms with Crippen molar-refractivity contribution in [2.24, 2.45) is 11.1 Å². The molecule has 0 heterocycles. The second kappa shape index (κ2) is 6.55. The highest BCUT2D eigenvalue weighted by Crippen LogP contribution is 2.42. The maximum atomic E-state index is 11.6. The van der Waals surface area contributed by atoms with Gasteiger partial charge in [-0.2, -0.15) is 0 Å². The van der Waals surface area contributed by atoms with Crippen molar-refractivity contribution in [1.82, 2.24) is 5.32 Å². The van der Waals surface area contributed by atoms with Crippen molar-refractivity contribution in [2.75, 3.05) is 13.1 Å². The summed E-state index contributed by atoms with van der Waals surface area (Å²) in [6.45, 7) is 1.37. The van der Waals surface area contributed by atoms with Gasteiger partial charge in [-0.05, 0) is 37.6 Å². The Hall–Kier alpha value is -1.01. The summed E-state index contributed by atoms with van der Waals surface area (Å²) in [7, 11) is 0. The molecule has 1 amide bonds. The molecule has 0 unspecified atom stereocenters. The van der Waals surface area contributed by atoms with Gasteiger partial charge in [0, 0.05) is 19.4 Å². The van der Waals surface area contributed by atoms with Crippen LogP contribution in [0.15, 0.2) is 0 Å². The topological polar surface area (TPSA) is 55.1 Å². The maximum absolute atomic E-state index is 11.6. The first-order valence-electron chi connectivity index (χ1n) is 6.13. The third-order valence-corrected chi connectivity index (χ3v) is 3.45. The molecule has 3 nitrogen and oxygen atoms in total. The molecular weight excluding hydrogens is 200 g/mol. The molecular formula is C13H22N2O. The normalized spacial score (nSPS) is 17.2. The Morgan fingerprint density at radius 3 is 2.69 bits per heavy atom. The van der Waals surface area contributed by atoms with Gasteiger partial charge in [0.05, 0.1) is 0 Å². The van der Waals surface area contributed by atoms with E-state index < -0.39 is 0 Å². The van der Waals surface area contributed by atoms with Crippen molar-refractivity contribution >= 4 is 5.91 Å². The van der Waals surface area contributed by atoms with Gasteiger partial charge < -0.3 is 11.1 Å². The van der Waals surface area contributed by atoms with Crippen LogP contribution in [0.4, 0.5) is 0 Å². The number of hydrogen-bond donors (Lipinski definition) is 2. The van der Waals surface area contributed by atoms with Crippen LogP contribution in [0.5, 0.6) is 0 Å². The molecule has 0 spiro atoms. The summed E-state index contributed by atoms with van der Waals surface area (Å²) in [4.78, 5) is 11.6. The molecule has 0 aliphatic heterocycles. The van der Waals surface area contributed by atoms with Gasteiger partial charge in [0.2, 0.25) is 5.91 Å². The summed E-state index contributed by atoms with van der Waals surface area (Å²) in [6, 6.07) is 0. The van der Waals surface area contributed by atoms with E-state index in [2.05, 4.69) is 11.2 Å². The van der Waals surface area contributed by atoms with Crippen molar-refractivity contribution in [3.05, 3.63) is 0 Å². The highest BCUT2D eigenvalue weighted by Gasteiger charge is 2.37. The number of amides is 1. The summed E-state index contributed by atoms with van der Waals surface area (Å²) < 4.78 is 0. The lowest BCUT2D eigenvalue weighted by atomic mass is 9.66. The highest BCUT2D eigenvalue weighted by atomic mass is 16.1. The van der Waals surface area contributed by atoms with E-state index in [1.165, 1.54) is 6.42 Å². The molecule has 0 aromatic carbocycles. The lowest BCUT2D eigenvalue weighted by Crippen LogP contribution is -2.42. The highest BCUT2D eigenvalue weighted by molar-refractivity contribution is 5.76. The Labute approximate surface area is 98.2 Å². The third kappa shape index (κ3) is 3.86. The molecule has 1 aliphatic rings. The van der Waals surface area contributed by atoms with E-state index in [1.54, 1.807) is 0 Å². The number of carbonyl (C=O) groups is 1. The van der Waals surface area contributed by atoms with Gasteiger partial charge in [0.15, 0.2) is 0 Å². The number of rotatable bonds is 7. The van der Waals surface area contributed by atoms with E-state index in [0.717, 1.165) is 38.6 Å². The lowest BCUT2D eigenvalue weighted by Gasteiger charge is -2.40. The molecule has 90 valence electrons. The molecule has 0 atom stereocenters. The second-order valence-corrected chi connectivity index (χ2v) is 4.75. The largest absolute Gasteiger partial charge is 0.356 e. The standard InChI is InChI=1S/C13H22N2O/c1-2-3-4-5-9-15-12(16)10-13(11-14)7-6-8-13/h1H,3-11,14H2,(H,15,16). The third-order valence-electron chi connectivity index (χ3n) is 3.45. The summed E-state index contributed by atoms with van der Waals surface area (Å²) in [5.74, 6) is 2.74. The number of nitrogens with one attached hydrogen (secondary N) is 1. The molecule has 0 radical (unpaired) electrons. The van der Waals surface area contributed by atoms with Gasteiger partial charge in [-0.25, -0.2) is 0 Å². The summed E-state index contributed by atoms with van der Waals surface area (Å²) in [5, 5.41) is 2.94. The second-order valence-electron chi connectivity index (χ2n) is 4.75. The molecule has 0 aromatic rings. The quantitative estimate of drug-likeness (QED) is 0.505. The fourth-order valence-corrected chi connectivity index (χ4v) is 2.11. The maximum Gasteiger partial charge on any atom is 0.220 e. The predicted octanol–water partition coefficient (Wildman–Crippen LogP) is 1.43. The number of carbonyl (C=O) groups excluding carboxylic acids is 1. The van der Waals surface area contributed by atoms with Crippen LogP contribution in [0.25, 0.3) is 0 Å². The van der Waals surface area contributed by atoms with E-state index in [0.29, 0.717) is 13.0 Å². The molecule has 1 saturated carbocycles. The summed E-state index contributed by atoms with van der Waals surface area (Å²) >= 11 is 0. The van der Waals surface area contributed by atoms with Crippen molar-refractivity contribution in [1.29, 1.82) is 0 Å². The van der Waals surface area contributed by atoms with E-state index >= 15 is 0 Å². The van der Waals surface area contributed by atoms with Crippen molar-refractivity contribution < 1.29 is 4.79 Å². The Morgan fingerprint density at radius 1 is 1.44 bits per heavy atom. The Kier molecular flexibility index (Phi) is 5.34. The average molecular weight is 222 g/mol. The number of terminal acetylenes is 1. The molecule has 0 bridgehead atoms. The zero-order chi connectivity index (χ0) is 11.9. The Bertz CT molecular complexity index is 258. The minimum absolute atomic E-state index is 0.114. The molecule has 1 aliphatic carbocycles. The minimum atomic E-state index is 0.114. The van der Waals surface area contributed by atoms with Crippen LogP contribution in [-0.2, 0) is 4.79 Å². The van der Waals surface area contributed by atoms with Gasteiger partial charge in [-0.3, -0.25) is 4.79 Å². The van der Waals surface area contributed by atoms with Crippen molar-refractivity contribution in [2.45, 2.75) is 44.9 Å².